The molecule has 0 aromatic rings. The van der Waals surface area contributed by atoms with Gasteiger partial charge in [0.15, 0.2) is 0 Å². The summed E-state index contributed by atoms with van der Waals surface area (Å²) in [6, 6.07) is 0. The fourth-order valence-electron chi connectivity index (χ4n) is 1.61. The standard InChI is InChI=1S/C15H28O2/c1-3-5-7-8-9-10-12-14-17-15-16-13-11-6-4-2/h2H,3,5-15H2,1H3. The number of hydrogen-bond acceptors (Lipinski definition) is 2. The molecular formula is C15H28O2. The molecule has 0 bridgehead atoms. The molecule has 0 unspecified atom stereocenters. The molecule has 0 rings (SSSR count). The SMILES string of the molecule is C#CCCCOCOCCCCCCCCC. The summed E-state index contributed by atoms with van der Waals surface area (Å²) in [6.07, 6.45) is 16.1. The molecule has 0 aromatic heterocycles. The highest BCUT2D eigenvalue weighted by atomic mass is 16.7. The molecular weight excluding hydrogens is 212 g/mol. The maximum atomic E-state index is 5.37. The summed E-state index contributed by atoms with van der Waals surface area (Å²) in [5.74, 6) is 2.59. The van der Waals surface area contributed by atoms with Crippen LogP contribution in [0.1, 0.15) is 64.7 Å². The first-order valence-corrected chi connectivity index (χ1v) is 7.00. The lowest BCUT2D eigenvalue weighted by Crippen LogP contribution is -2.02. The van der Waals surface area contributed by atoms with E-state index in [-0.39, 0.29) is 0 Å². The maximum Gasteiger partial charge on any atom is 0.146 e. The predicted molar refractivity (Wildman–Crippen MR) is 72.8 cm³/mol. The van der Waals surface area contributed by atoms with Gasteiger partial charge in [-0.15, -0.1) is 12.3 Å². The minimum atomic E-state index is 0.417. The molecule has 0 saturated heterocycles. The molecule has 100 valence electrons. The first kappa shape index (κ1) is 16.5. The molecule has 0 atom stereocenters. The van der Waals surface area contributed by atoms with Gasteiger partial charge in [-0.05, 0) is 12.8 Å². The molecule has 0 N–H and O–H groups in total. The van der Waals surface area contributed by atoms with Gasteiger partial charge in [-0.25, -0.2) is 0 Å². The van der Waals surface area contributed by atoms with Crippen LogP contribution in [0.5, 0.6) is 0 Å². The van der Waals surface area contributed by atoms with Crippen molar-refractivity contribution in [1.29, 1.82) is 0 Å². The Balaban J connectivity index is 2.87. The zero-order valence-electron chi connectivity index (χ0n) is 11.4. The van der Waals surface area contributed by atoms with Crippen molar-refractivity contribution < 1.29 is 9.47 Å². The highest BCUT2D eigenvalue weighted by Crippen LogP contribution is 2.06. The molecule has 0 spiro atoms. The second kappa shape index (κ2) is 15.5. The predicted octanol–water partition coefficient (Wildman–Crippen LogP) is 4.14. The summed E-state index contributed by atoms with van der Waals surface area (Å²) in [5.41, 5.74) is 0. The maximum absolute atomic E-state index is 5.37. The molecule has 0 radical (unpaired) electrons. The lowest BCUT2D eigenvalue weighted by Gasteiger charge is -2.05. The van der Waals surface area contributed by atoms with Crippen molar-refractivity contribution >= 4 is 0 Å². The first-order valence-electron chi connectivity index (χ1n) is 7.00. The highest BCUT2D eigenvalue weighted by molar-refractivity contribution is 4.82. The molecule has 0 saturated carbocycles. The third-order valence-electron chi connectivity index (χ3n) is 2.67. The van der Waals surface area contributed by atoms with Gasteiger partial charge in [-0.1, -0.05) is 45.4 Å². The summed E-state index contributed by atoms with van der Waals surface area (Å²) in [7, 11) is 0. The fourth-order valence-corrected chi connectivity index (χ4v) is 1.61. The topological polar surface area (TPSA) is 18.5 Å². The van der Waals surface area contributed by atoms with Crippen molar-refractivity contribution in [1.82, 2.24) is 0 Å². The van der Waals surface area contributed by atoms with E-state index >= 15 is 0 Å². The molecule has 17 heavy (non-hydrogen) atoms. The van der Waals surface area contributed by atoms with Crippen LogP contribution in [0.25, 0.3) is 0 Å². The van der Waals surface area contributed by atoms with E-state index in [0.29, 0.717) is 13.4 Å². The minimum Gasteiger partial charge on any atom is -0.355 e. The highest BCUT2D eigenvalue weighted by Gasteiger charge is 1.92. The summed E-state index contributed by atoms with van der Waals surface area (Å²) in [4.78, 5) is 0. The molecule has 0 aliphatic heterocycles. The van der Waals surface area contributed by atoms with E-state index in [2.05, 4.69) is 12.8 Å². The molecule has 0 heterocycles. The van der Waals surface area contributed by atoms with Crippen LogP contribution < -0.4 is 0 Å². The van der Waals surface area contributed by atoms with E-state index in [0.717, 1.165) is 25.9 Å². The van der Waals surface area contributed by atoms with Crippen molar-refractivity contribution in [2.75, 3.05) is 20.0 Å². The smallest absolute Gasteiger partial charge is 0.146 e. The van der Waals surface area contributed by atoms with E-state index in [1.165, 1.54) is 38.5 Å². The lowest BCUT2D eigenvalue weighted by molar-refractivity contribution is -0.0549. The van der Waals surface area contributed by atoms with Crippen LogP contribution in [0.4, 0.5) is 0 Å². The van der Waals surface area contributed by atoms with Gasteiger partial charge < -0.3 is 9.47 Å². The van der Waals surface area contributed by atoms with Gasteiger partial charge >= 0.3 is 0 Å². The molecule has 0 aliphatic carbocycles. The average molecular weight is 240 g/mol. The molecule has 2 nitrogen and oxygen atoms in total. The van der Waals surface area contributed by atoms with Crippen LogP contribution in [0.2, 0.25) is 0 Å². The van der Waals surface area contributed by atoms with Gasteiger partial charge in [-0.3, -0.25) is 0 Å². The molecule has 0 aliphatic rings. The average Bonchev–Trinajstić information content (AvgIpc) is 2.35. The molecule has 0 amide bonds. The van der Waals surface area contributed by atoms with Gasteiger partial charge in [0.1, 0.15) is 6.79 Å². The Morgan fingerprint density at radius 1 is 0.824 bits per heavy atom. The van der Waals surface area contributed by atoms with Crippen LogP contribution in [0.3, 0.4) is 0 Å². The summed E-state index contributed by atoms with van der Waals surface area (Å²) in [6.45, 7) is 4.20. The number of ether oxygens (including phenoxy) is 2. The zero-order valence-corrected chi connectivity index (χ0v) is 11.4. The molecule has 2 heteroatoms. The second-order valence-corrected chi connectivity index (χ2v) is 4.36. The first-order chi connectivity index (χ1) is 8.41. The monoisotopic (exact) mass is 240 g/mol. The third-order valence-corrected chi connectivity index (χ3v) is 2.67. The van der Waals surface area contributed by atoms with E-state index in [4.69, 9.17) is 15.9 Å². The minimum absolute atomic E-state index is 0.417. The Bertz CT molecular complexity index is 172. The Hall–Kier alpha value is -0.520. The van der Waals surface area contributed by atoms with E-state index in [9.17, 15) is 0 Å². The summed E-state index contributed by atoms with van der Waals surface area (Å²) >= 11 is 0. The van der Waals surface area contributed by atoms with Crippen molar-refractivity contribution in [3.63, 3.8) is 0 Å². The quantitative estimate of drug-likeness (QED) is 0.274. The van der Waals surface area contributed by atoms with Crippen molar-refractivity contribution in [2.45, 2.75) is 64.7 Å². The summed E-state index contributed by atoms with van der Waals surface area (Å²) in [5, 5.41) is 0. The normalized spacial score (nSPS) is 10.4. The fraction of sp³-hybridized carbons (Fsp3) is 0.867. The largest absolute Gasteiger partial charge is 0.355 e. The van der Waals surface area contributed by atoms with Crippen LogP contribution in [-0.4, -0.2) is 20.0 Å². The van der Waals surface area contributed by atoms with Gasteiger partial charge in [-0.2, -0.15) is 0 Å². The van der Waals surface area contributed by atoms with Gasteiger partial charge in [0.25, 0.3) is 0 Å². The summed E-state index contributed by atoms with van der Waals surface area (Å²) < 4.78 is 10.6. The van der Waals surface area contributed by atoms with E-state index in [1.807, 2.05) is 0 Å². The van der Waals surface area contributed by atoms with Crippen molar-refractivity contribution in [3.8, 4) is 12.3 Å². The Morgan fingerprint density at radius 3 is 2.06 bits per heavy atom. The Kier molecular flexibility index (Phi) is 15.0. The van der Waals surface area contributed by atoms with Crippen LogP contribution in [0.15, 0.2) is 0 Å². The lowest BCUT2D eigenvalue weighted by atomic mass is 10.1. The molecule has 0 aromatic carbocycles. The molecule has 0 fully saturated rings. The van der Waals surface area contributed by atoms with Gasteiger partial charge in [0.2, 0.25) is 0 Å². The number of hydrogen-bond donors (Lipinski definition) is 0. The van der Waals surface area contributed by atoms with Crippen molar-refractivity contribution in [3.05, 3.63) is 0 Å². The third kappa shape index (κ3) is 15.5. The van der Waals surface area contributed by atoms with Gasteiger partial charge in [0.05, 0.1) is 6.61 Å². The van der Waals surface area contributed by atoms with E-state index in [1.54, 1.807) is 0 Å². The van der Waals surface area contributed by atoms with E-state index < -0.39 is 0 Å². The zero-order chi connectivity index (χ0) is 12.6. The van der Waals surface area contributed by atoms with Crippen molar-refractivity contribution in [2.24, 2.45) is 0 Å². The second-order valence-electron chi connectivity index (χ2n) is 4.36. The Morgan fingerprint density at radius 2 is 1.41 bits per heavy atom. The van der Waals surface area contributed by atoms with Crippen LogP contribution in [0, 0.1) is 12.3 Å². The van der Waals surface area contributed by atoms with Crippen LogP contribution in [-0.2, 0) is 9.47 Å². The van der Waals surface area contributed by atoms with Gasteiger partial charge in [0, 0.05) is 13.0 Å². The number of rotatable bonds is 13. The Labute approximate surface area is 107 Å². The number of terminal acetylenes is 1. The van der Waals surface area contributed by atoms with Crippen LogP contribution >= 0.6 is 0 Å². The number of unbranched alkanes of at least 4 members (excludes halogenated alkanes) is 7.